The van der Waals surface area contributed by atoms with Crippen LogP contribution in [0.2, 0.25) is 0 Å². The molecule has 1 rings (SSSR count). The molecule has 1 aromatic carbocycles. The van der Waals surface area contributed by atoms with Gasteiger partial charge in [0, 0.05) is 12.5 Å². The normalized spacial score (nSPS) is 11.1. The van der Waals surface area contributed by atoms with E-state index in [1.807, 2.05) is 0 Å². The van der Waals surface area contributed by atoms with Crippen molar-refractivity contribution in [3.8, 4) is 5.75 Å². The van der Waals surface area contributed by atoms with E-state index in [-0.39, 0.29) is 5.78 Å². The first-order chi connectivity index (χ1) is 8.30. The predicted octanol–water partition coefficient (Wildman–Crippen LogP) is 1.59. The summed E-state index contributed by atoms with van der Waals surface area (Å²) in [6, 6.07) is 5.08. The summed E-state index contributed by atoms with van der Waals surface area (Å²) < 4.78 is 29.8. The van der Waals surface area contributed by atoms with Crippen LogP contribution in [-0.2, 0) is 21.2 Å². The van der Waals surface area contributed by atoms with Crippen LogP contribution in [0.25, 0.3) is 0 Å². The van der Waals surface area contributed by atoms with E-state index < -0.39 is 10.0 Å². The minimum Gasteiger partial charge on any atom is -0.497 e. The monoisotopic (exact) mass is 271 g/mol. The number of ketones is 1. The Morgan fingerprint density at radius 2 is 2.00 bits per heavy atom. The molecule has 0 aromatic heterocycles. The zero-order chi connectivity index (χ0) is 13.8. The predicted molar refractivity (Wildman–Crippen MR) is 70.5 cm³/mol. The molecular formula is C12H17NO4S. The fraction of sp³-hybridized carbons (Fsp3) is 0.417. The van der Waals surface area contributed by atoms with E-state index in [4.69, 9.17) is 4.74 Å². The van der Waals surface area contributed by atoms with Crippen LogP contribution < -0.4 is 9.46 Å². The first-order valence-corrected chi connectivity index (χ1v) is 7.34. The van der Waals surface area contributed by atoms with Gasteiger partial charge in [0.2, 0.25) is 10.0 Å². The van der Waals surface area contributed by atoms with E-state index in [1.54, 1.807) is 18.2 Å². The van der Waals surface area contributed by atoms with Crippen LogP contribution in [0.15, 0.2) is 18.2 Å². The number of sulfonamides is 1. The van der Waals surface area contributed by atoms with Crippen LogP contribution in [0, 0.1) is 0 Å². The molecule has 0 aliphatic rings. The summed E-state index contributed by atoms with van der Waals surface area (Å²) in [4.78, 5) is 10.9. The second kappa shape index (κ2) is 5.86. The first kappa shape index (κ1) is 14.5. The second-order valence-electron chi connectivity index (χ2n) is 4.15. The number of ether oxygens (including phenoxy) is 1. The molecule has 0 amide bonds. The molecule has 1 N–H and O–H groups in total. The Morgan fingerprint density at radius 3 is 2.50 bits per heavy atom. The number of hydrogen-bond acceptors (Lipinski definition) is 4. The van der Waals surface area contributed by atoms with Gasteiger partial charge in [-0.2, -0.15) is 0 Å². The maximum absolute atomic E-state index is 11.2. The molecule has 5 nitrogen and oxygen atoms in total. The topological polar surface area (TPSA) is 72.5 Å². The molecule has 1 aromatic rings. The minimum absolute atomic E-state index is 0.0930. The highest BCUT2D eigenvalue weighted by atomic mass is 32.2. The average molecular weight is 271 g/mol. The van der Waals surface area contributed by atoms with E-state index in [0.29, 0.717) is 24.3 Å². The van der Waals surface area contributed by atoms with Gasteiger partial charge in [0.1, 0.15) is 11.5 Å². The molecular weight excluding hydrogens is 254 g/mol. The maximum atomic E-state index is 11.2. The van der Waals surface area contributed by atoms with E-state index in [0.717, 1.165) is 11.8 Å². The molecule has 0 heterocycles. The lowest BCUT2D eigenvalue weighted by Crippen LogP contribution is -2.10. The molecule has 6 heteroatoms. The van der Waals surface area contributed by atoms with Gasteiger partial charge in [0.25, 0.3) is 0 Å². The smallest absolute Gasteiger partial charge is 0.229 e. The summed E-state index contributed by atoms with van der Waals surface area (Å²) in [6.45, 7) is 1.52. The van der Waals surface area contributed by atoms with Gasteiger partial charge >= 0.3 is 0 Å². The largest absolute Gasteiger partial charge is 0.497 e. The van der Waals surface area contributed by atoms with Crippen molar-refractivity contribution >= 4 is 21.5 Å². The summed E-state index contributed by atoms with van der Waals surface area (Å²) in [5.74, 6) is 0.651. The lowest BCUT2D eigenvalue weighted by molar-refractivity contribution is -0.116. The van der Waals surface area contributed by atoms with E-state index in [9.17, 15) is 13.2 Å². The van der Waals surface area contributed by atoms with Crippen molar-refractivity contribution in [1.29, 1.82) is 0 Å². The number of Topliss-reactive ketones (excluding diaryl/α,β-unsaturated/α-hetero) is 1. The second-order valence-corrected chi connectivity index (χ2v) is 5.89. The molecule has 0 aliphatic carbocycles. The van der Waals surface area contributed by atoms with Crippen LogP contribution >= 0.6 is 0 Å². The Morgan fingerprint density at radius 1 is 1.33 bits per heavy atom. The summed E-state index contributed by atoms with van der Waals surface area (Å²) >= 11 is 0. The van der Waals surface area contributed by atoms with Gasteiger partial charge in [-0.3, -0.25) is 4.72 Å². The first-order valence-electron chi connectivity index (χ1n) is 5.45. The highest BCUT2D eigenvalue weighted by molar-refractivity contribution is 7.92. The average Bonchev–Trinajstić information content (AvgIpc) is 2.23. The van der Waals surface area contributed by atoms with E-state index in [2.05, 4.69) is 4.72 Å². The van der Waals surface area contributed by atoms with Crippen LogP contribution in [0.5, 0.6) is 5.75 Å². The van der Waals surface area contributed by atoms with Gasteiger partial charge in [-0.25, -0.2) is 8.42 Å². The van der Waals surface area contributed by atoms with Crippen molar-refractivity contribution in [2.45, 2.75) is 19.8 Å². The number of hydrogen-bond donors (Lipinski definition) is 1. The minimum atomic E-state index is -3.32. The molecule has 0 fully saturated rings. The third kappa shape index (κ3) is 5.18. The molecule has 0 saturated carbocycles. The molecule has 18 heavy (non-hydrogen) atoms. The highest BCUT2D eigenvalue weighted by Crippen LogP contribution is 2.22. The molecule has 0 radical (unpaired) electrons. The van der Waals surface area contributed by atoms with Crippen molar-refractivity contribution in [1.82, 2.24) is 0 Å². The van der Waals surface area contributed by atoms with Gasteiger partial charge in [0.15, 0.2) is 0 Å². The van der Waals surface area contributed by atoms with Crippen LogP contribution in [0.4, 0.5) is 5.69 Å². The number of carbonyl (C=O) groups is 1. The summed E-state index contributed by atoms with van der Waals surface area (Å²) in [6.07, 6.45) is 2.07. The van der Waals surface area contributed by atoms with Crippen molar-refractivity contribution < 1.29 is 17.9 Å². The van der Waals surface area contributed by atoms with Gasteiger partial charge in [0.05, 0.1) is 19.1 Å². The number of nitrogens with one attached hydrogen (secondary N) is 1. The van der Waals surface area contributed by atoms with Crippen molar-refractivity contribution in [3.05, 3.63) is 23.8 Å². The van der Waals surface area contributed by atoms with Gasteiger partial charge < -0.3 is 9.53 Å². The Hall–Kier alpha value is -1.56. The quantitative estimate of drug-likeness (QED) is 0.852. The Bertz CT molecular complexity index is 537. The van der Waals surface area contributed by atoms with Crippen LogP contribution in [-0.4, -0.2) is 27.6 Å². The van der Waals surface area contributed by atoms with E-state index >= 15 is 0 Å². The third-order valence-electron chi connectivity index (χ3n) is 2.27. The number of benzene rings is 1. The summed E-state index contributed by atoms with van der Waals surface area (Å²) in [5, 5.41) is 0. The molecule has 0 spiro atoms. The molecule has 0 unspecified atom stereocenters. The fourth-order valence-corrected chi connectivity index (χ4v) is 2.06. The lowest BCUT2D eigenvalue weighted by atomic mass is 10.1. The zero-order valence-electron chi connectivity index (χ0n) is 10.7. The van der Waals surface area contributed by atoms with Gasteiger partial charge in [-0.05, 0) is 31.0 Å². The molecule has 0 aliphatic heterocycles. The van der Waals surface area contributed by atoms with Gasteiger partial charge in [-0.1, -0.05) is 0 Å². The Balaban J connectivity index is 2.97. The van der Waals surface area contributed by atoms with Crippen LogP contribution in [0.1, 0.15) is 18.9 Å². The van der Waals surface area contributed by atoms with Crippen LogP contribution in [0.3, 0.4) is 0 Å². The number of rotatable bonds is 6. The fourth-order valence-electron chi connectivity index (χ4n) is 1.52. The van der Waals surface area contributed by atoms with Crippen molar-refractivity contribution in [2.75, 3.05) is 18.1 Å². The van der Waals surface area contributed by atoms with Crippen molar-refractivity contribution in [2.24, 2.45) is 0 Å². The Kier molecular flexibility index (Phi) is 4.72. The van der Waals surface area contributed by atoms with Crippen molar-refractivity contribution in [3.63, 3.8) is 0 Å². The highest BCUT2D eigenvalue weighted by Gasteiger charge is 2.06. The number of carbonyl (C=O) groups excluding carboxylic acids is 1. The lowest BCUT2D eigenvalue weighted by Gasteiger charge is -2.09. The molecule has 0 bridgehead atoms. The number of methoxy groups -OCH3 is 1. The van der Waals surface area contributed by atoms with E-state index in [1.165, 1.54) is 14.0 Å². The molecule has 0 saturated heterocycles. The van der Waals surface area contributed by atoms with Gasteiger partial charge in [-0.15, -0.1) is 0 Å². The zero-order valence-corrected chi connectivity index (χ0v) is 11.5. The summed E-state index contributed by atoms with van der Waals surface area (Å²) in [7, 11) is -1.81. The SMILES string of the molecule is COc1cc(CCC(C)=O)cc(NS(C)(=O)=O)c1. The molecule has 0 atom stereocenters. The standard InChI is InChI=1S/C12H17NO4S/c1-9(14)4-5-10-6-11(13-18(3,15)16)8-12(7-10)17-2/h6-8,13H,4-5H2,1-3H3. The number of aryl methyl sites for hydroxylation is 1. The molecule has 100 valence electrons. The summed E-state index contributed by atoms with van der Waals surface area (Å²) in [5.41, 5.74) is 1.30. The Labute approximate surface area is 107 Å². The number of anilines is 1. The maximum Gasteiger partial charge on any atom is 0.229 e. The third-order valence-corrected chi connectivity index (χ3v) is 2.88.